The van der Waals surface area contributed by atoms with Gasteiger partial charge < -0.3 is 4.98 Å². The first-order chi connectivity index (χ1) is 9.18. The molecule has 1 aromatic carbocycles. The fourth-order valence-electron chi connectivity index (χ4n) is 1.98. The second kappa shape index (κ2) is 4.97. The zero-order valence-corrected chi connectivity index (χ0v) is 11.4. The summed E-state index contributed by atoms with van der Waals surface area (Å²) >= 11 is 4.71. The fourth-order valence-corrected chi connectivity index (χ4v) is 2.19. The molecule has 0 aliphatic rings. The molecule has 0 bridgehead atoms. The summed E-state index contributed by atoms with van der Waals surface area (Å²) in [6.07, 6.45) is -4.67. The highest BCUT2D eigenvalue weighted by Gasteiger charge is 2.34. The van der Waals surface area contributed by atoms with Gasteiger partial charge in [0.2, 0.25) is 5.82 Å². The second-order valence-corrected chi connectivity index (χ2v) is 4.84. The van der Waals surface area contributed by atoms with Crippen molar-refractivity contribution in [3.8, 4) is 11.3 Å². The number of halogens is 4. The Hall–Kier alpha value is -1.76. The van der Waals surface area contributed by atoms with Gasteiger partial charge in [-0.15, -0.1) is 0 Å². The standard InChI is InChI=1S/C13H10F4N2S/c1-6-3-7(2)11(8(14)4-6)9-5-10(20)19-12(18-9)13(15,16)17/h3-5H,1-2H3,(H,18,19,20). The van der Waals surface area contributed by atoms with Crippen LogP contribution in [0.3, 0.4) is 0 Å². The zero-order chi connectivity index (χ0) is 15.1. The summed E-state index contributed by atoms with van der Waals surface area (Å²) in [5, 5.41) is 0. The largest absolute Gasteiger partial charge is 0.449 e. The van der Waals surface area contributed by atoms with Crippen LogP contribution in [0.5, 0.6) is 0 Å². The Labute approximate surface area is 117 Å². The lowest BCUT2D eigenvalue weighted by molar-refractivity contribution is -0.145. The number of aromatic amines is 1. The number of aromatic nitrogens is 2. The molecule has 7 heteroatoms. The van der Waals surface area contributed by atoms with Crippen LogP contribution in [0.1, 0.15) is 17.0 Å². The summed E-state index contributed by atoms with van der Waals surface area (Å²) in [7, 11) is 0. The number of hydrogen-bond donors (Lipinski definition) is 1. The molecule has 20 heavy (non-hydrogen) atoms. The van der Waals surface area contributed by atoms with Crippen molar-refractivity contribution in [1.82, 2.24) is 9.97 Å². The predicted octanol–water partition coefficient (Wildman–Crippen LogP) is 4.58. The molecule has 1 heterocycles. The van der Waals surface area contributed by atoms with E-state index in [-0.39, 0.29) is 15.9 Å². The maximum absolute atomic E-state index is 14.0. The minimum atomic E-state index is -4.67. The molecule has 1 aromatic heterocycles. The zero-order valence-electron chi connectivity index (χ0n) is 10.6. The molecule has 2 rings (SSSR count). The number of H-pyrrole nitrogens is 1. The molecule has 0 radical (unpaired) electrons. The molecule has 0 aliphatic heterocycles. The molecule has 0 amide bonds. The van der Waals surface area contributed by atoms with Gasteiger partial charge in [-0.1, -0.05) is 18.3 Å². The third kappa shape index (κ3) is 2.87. The highest BCUT2D eigenvalue weighted by Crippen LogP contribution is 2.30. The monoisotopic (exact) mass is 302 g/mol. The van der Waals surface area contributed by atoms with E-state index in [4.69, 9.17) is 12.2 Å². The van der Waals surface area contributed by atoms with Crippen molar-refractivity contribution in [2.24, 2.45) is 0 Å². The average molecular weight is 302 g/mol. The first-order valence-electron chi connectivity index (χ1n) is 5.64. The van der Waals surface area contributed by atoms with Crippen LogP contribution in [-0.2, 0) is 6.18 Å². The number of nitrogens with zero attached hydrogens (tertiary/aromatic N) is 1. The Kier molecular flexibility index (Phi) is 3.64. The van der Waals surface area contributed by atoms with E-state index in [0.717, 1.165) is 0 Å². The molecule has 0 atom stereocenters. The summed E-state index contributed by atoms with van der Waals surface area (Å²) in [6.45, 7) is 3.33. The second-order valence-electron chi connectivity index (χ2n) is 4.42. The SMILES string of the molecule is Cc1cc(C)c(-c2cc(=S)nc(C(F)(F)F)[nH]2)c(F)c1. The van der Waals surface area contributed by atoms with Gasteiger partial charge in [-0.25, -0.2) is 9.37 Å². The topological polar surface area (TPSA) is 28.7 Å². The Morgan fingerprint density at radius 2 is 1.80 bits per heavy atom. The molecule has 0 saturated heterocycles. The quantitative estimate of drug-likeness (QED) is 0.617. The molecule has 0 spiro atoms. The van der Waals surface area contributed by atoms with E-state index in [0.29, 0.717) is 11.1 Å². The van der Waals surface area contributed by atoms with Crippen LogP contribution in [0, 0.1) is 24.3 Å². The van der Waals surface area contributed by atoms with Crippen molar-refractivity contribution in [3.05, 3.63) is 45.6 Å². The van der Waals surface area contributed by atoms with Gasteiger partial charge in [0.15, 0.2) is 0 Å². The Morgan fingerprint density at radius 3 is 2.35 bits per heavy atom. The van der Waals surface area contributed by atoms with Crippen LogP contribution >= 0.6 is 12.2 Å². The minimum Gasteiger partial charge on any atom is -0.335 e. The molecule has 1 N–H and O–H groups in total. The normalized spacial score (nSPS) is 11.7. The first-order valence-corrected chi connectivity index (χ1v) is 6.05. The van der Waals surface area contributed by atoms with Gasteiger partial charge in [-0.05, 0) is 37.1 Å². The van der Waals surface area contributed by atoms with E-state index in [2.05, 4.69) is 9.97 Å². The van der Waals surface area contributed by atoms with Gasteiger partial charge in [0.25, 0.3) is 0 Å². The molecular formula is C13H10F4N2S. The van der Waals surface area contributed by atoms with Crippen LogP contribution in [0.2, 0.25) is 0 Å². The molecular weight excluding hydrogens is 292 g/mol. The van der Waals surface area contributed by atoms with Crippen molar-refractivity contribution in [3.63, 3.8) is 0 Å². The first kappa shape index (κ1) is 14.6. The number of hydrogen-bond acceptors (Lipinski definition) is 2. The maximum atomic E-state index is 14.0. The van der Waals surface area contributed by atoms with Gasteiger partial charge >= 0.3 is 6.18 Å². The summed E-state index contributed by atoms with van der Waals surface area (Å²) in [5.74, 6) is -1.84. The minimum absolute atomic E-state index is 0.0349. The molecule has 0 aliphatic carbocycles. The van der Waals surface area contributed by atoms with Crippen molar-refractivity contribution < 1.29 is 17.6 Å². The van der Waals surface area contributed by atoms with E-state index < -0.39 is 17.8 Å². The van der Waals surface area contributed by atoms with E-state index in [1.54, 1.807) is 19.9 Å². The number of nitrogens with one attached hydrogen (secondary N) is 1. The smallest absolute Gasteiger partial charge is 0.335 e. The Bertz CT molecular complexity index is 696. The molecule has 0 unspecified atom stereocenters. The van der Waals surface area contributed by atoms with Gasteiger partial charge in [-0.2, -0.15) is 13.2 Å². The number of alkyl halides is 3. The summed E-state index contributed by atoms with van der Waals surface area (Å²) in [6, 6.07) is 4.15. The Morgan fingerprint density at radius 1 is 1.15 bits per heavy atom. The predicted molar refractivity (Wildman–Crippen MR) is 69.3 cm³/mol. The van der Waals surface area contributed by atoms with E-state index >= 15 is 0 Å². The van der Waals surface area contributed by atoms with Crippen LogP contribution in [0.15, 0.2) is 18.2 Å². The third-order valence-electron chi connectivity index (χ3n) is 2.71. The van der Waals surface area contributed by atoms with Crippen LogP contribution in [0.25, 0.3) is 11.3 Å². The lowest BCUT2D eigenvalue weighted by atomic mass is 10.0. The summed E-state index contributed by atoms with van der Waals surface area (Å²) in [5.41, 5.74) is 1.24. The number of benzene rings is 1. The highest BCUT2D eigenvalue weighted by atomic mass is 32.1. The van der Waals surface area contributed by atoms with Gasteiger partial charge in [0, 0.05) is 5.56 Å². The average Bonchev–Trinajstić information content (AvgIpc) is 2.25. The van der Waals surface area contributed by atoms with E-state index in [1.807, 2.05) is 0 Å². The van der Waals surface area contributed by atoms with E-state index in [9.17, 15) is 17.6 Å². The molecule has 0 fully saturated rings. The van der Waals surface area contributed by atoms with Gasteiger partial charge in [-0.3, -0.25) is 0 Å². The number of aryl methyl sites for hydroxylation is 2. The summed E-state index contributed by atoms with van der Waals surface area (Å²) < 4.78 is 51.8. The molecule has 106 valence electrons. The van der Waals surface area contributed by atoms with Crippen LogP contribution in [0.4, 0.5) is 17.6 Å². The summed E-state index contributed by atoms with van der Waals surface area (Å²) in [4.78, 5) is 5.32. The van der Waals surface area contributed by atoms with E-state index in [1.165, 1.54) is 12.1 Å². The van der Waals surface area contributed by atoms with Crippen LogP contribution in [-0.4, -0.2) is 9.97 Å². The van der Waals surface area contributed by atoms with Crippen molar-refractivity contribution in [2.75, 3.05) is 0 Å². The van der Waals surface area contributed by atoms with Crippen LogP contribution < -0.4 is 0 Å². The number of rotatable bonds is 1. The fraction of sp³-hybridized carbons (Fsp3) is 0.231. The van der Waals surface area contributed by atoms with Gasteiger partial charge in [0.1, 0.15) is 10.5 Å². The van der Waals surface area contributed by atoms with Crippen molar-refractivity contribution >= 4 is 12.2 Å². The Balaban J connectivity index is 2.71. The molecule has 0 saturated carbocycles. The highest BCUT2D eigenvalue weighted by molar-refractivity contribution is 7.71. The molecule has 2 nitrogen and oxygen atoms in total. The van der Waals surface area contributed by atoms with Crippen molar-refractivity contribution in [1.29, 1.82) is 0 Å². The lowest BCUT2D eigenvalue weighted by Crippen LogP contribution is -2.12. The third-order valence-corrected chi connectivity index (χ3v) is 2.92. The van der Waals surface area contributed by atoms with Gasteiger partial charge in [0.05, 0.1) is 5.69 Å². The molecule has 2 aromatic rings. The van der Waals surface area contributed by atoms with Crippen molar-refractivity contribution in [2.45, 2.75) is 20.0 Å². The lowest BCUT2D eigenvalue weighted by Gasteiger charge is -2.12. The maximum Gasteiger partial charge on any atom is 0.449 e.